The SMILES string of the molecule is Cc1cc(C)c(N(C)C(c2ccccc2)c2ccccn2)c(C)c1. The average Bonchev–Trinajstić information content (AvgIpc) is 2.56. The first-order valence-electron chi connectivity index (χ1n) is 8.34. The van der Waals surface area contributed by atoms with Crippen LogP contribution in [-0.4, -0.2) is 12.0 Å². The van der Waals surface area contributed by atoms with Crippen molar-refractivity contribution in [3.8, 4) is 0 Å². The highest BCUT2D eigenvalue weighted by Crippen LogP contribution is 2.34. The Kier molecular flexibility index (Phi) is 4.66. The van der Waals surface area contributed by atoms with Crippen LogP contribution in [0.4, 0.5) is 5.69 Å². The summed E-state index contributed by atoms with van der Waals surface area (Å²) in [6.45, 7) is 6.52. The van der Waals surface area contributed by atoms with Crippen molar-refractivity contribution in [2.45, 2.75) is 26.8 Å². The smallest absolute Gasteiger partial charge is 0.0963 e. The molecule has 2 heteroatoms. The lowest BCUT2D eigenvalue weighted by Gasteiger charge is -2.33. The minimum atomic E-state index is 0.0903. The fourth-order valence-corrected chi connectivity index (χ4v) is 3.62. The first-order valence-corrected chi connectivity index (χ1v) is 8.34. The van der Waals surface area contributed by atoms with E-state index in [4.69, 9.17) is 0 Å². The highest BCUT2D eigenvalue weighted by atomic mass is 15.1. The van der Waals surface area contributed by atoms with Crippen molar-refractivity contribution in [3.63, 3.8) is 0 Å². The summed E-state index contributed by atoms with van der Waals surface area (Å²) < 4.78 is 0. The third kappa shape index (κ3) is 3.18. The van der Waals surface area contributed by atoms with Crippen molar-refractivity contribution in [2.24, 2.45) is 0 Å². The Bertz CT molecular complexity index is 747. The molecule has 0 radical (unpaired) electrons. The molecule has 1 unspecified atom stereocenters. The number of rotatable bonds is 4. The second-order valence-corrected chi connectivity index (χ2v) is 6.43. The number of pyridine rings is 1. The van der Waals surface area contributed by atoms with E-state index in [2.05, 4.69) is 92.3 Å². The summed E-state index contributed by atoms with van der Waals surface area (Å²) in [7, 11) is 2.16. The molecule has 0 bridgehead atoms. The zero-order chi connectivity index (χ0) is 17.1. The van der Waals surface area contributed by atoms with Gasteiger partial charge in [0.05, 0.1) is 11.7 Å². The van der Waals surface area contributed by atoms with Crippen LogP contribution in [0, 0.1) is 20.8 Å². The molecule has 0 aliphatic carbocycles. The molecule has 1 aromatic heterocycles. The van der Waals surface area contributed by atoms with E-state index in [0.717, 1.165) is 5.69 Å². The maximum Gasteiger partial charge on any atom is 0.0963 e. The summed E-state index contributed by atoms with van der Waals surface area (Å²) in [6.07, 6.45) is 1.87. The van der Waals surface area contributed by atoms with Gasteiger partial charge in [-0.1, -0.05) is 54.1 Å². The zero-order valence-corrected chi connectivity index (χ0v) is 14.8. The number of aromatic nitrogens is 1. The first kappa shape index (κ1) is 16.3. The number of nitrogens with zero attached hydrogens (tertiary/aromatic N) is 2. The maximum atomic E-state index is 4.64. The van der Waals surface area contributed by atoms with Gasteiger partial charge in [-0.25, -0.2) is 0 Å². The molecule has 0 fully saturated rings. The topological polar surface area (TPSA) is 16.1 Å². The maximum absolute atomic E-state index is 4.64. The molecule has 122 valence electrons. The minimum absolute atomic E-state index is 0.0903. The minimum Gasteiger partial charge on any atom is -0.361 e. The van der Waals surface area contributed by atoms with Crippen molar-refractivity contribution < 1.29 is 0 Å². The van der Waals surface area contributed by atoms with E-state index >= 15 is 0 Å². The van der Waals surface area contributed by atoms with E-state index in [9.17, 15) is 0 Å². The molecule has 0 aliphatic heterocycles. The van der Waals surface area contributed by atoms with Crippen LogP contribution in [0.15, 0.2) is 66.9 Å². The summed E-state index contributed by atoms with van der Waals surface area (Å²) in [5.74, 6) is 0. The van der Waals surface area contributed by atoms with Crippen LogP contribution < -0.4 is 4.90 Å². The number of hydrogen-bond acceptors (Lipinski definition) is 2. The van der Waals surface area contributed by atoms with Crippen molar-refractivity contribution in [3.05, 3.63) is 94.8 Å². The standard InChI is InChI=1S/C22H24N2/c1-16-14-17(2)21(18(3)15-16)24(4)22(19-10-6-5-7-11-19)20-12-8-9-13-23-20/h5-15,22H,1-4H3. The van der Waals surface area contributed by atoms with Gasteiger partial charge >= 0.3 is 0 Å². The van der Waals surface area contributed by atoms with Gasteiger partial charge in [0, 0.05) is 18.9 Å². The molecule has 3 aromatic rings. The van der Waals surface area contributed by atoms with Gasteiger partial charge in [0.1, 0.15) is 0 Å². The summed E-state index contributed by atoms with van der Waals surface area (Å²) >= 11 is 0. The second kappa shape index (κ2) is 6.88. The first-order chi connectivity index (χ1) is 11.6. The molecule has 3 rings (SSSR count). The molecule has 0 saturated carbocycles. The van der Waals surface area contributed by atoms with Crippen LogP contribution in [0.1, 0.15) is 34.0 Å². The predicted molar refractivity (Wildman–Crippen MR) is 102 cm³/mol. The molecule has 2 aromatic carbocycles. The zero-order valence-electron chi connectivity index (χ0n) is 14.8. The summed E-state index contributed by atoms with van der Waals surface area (Å²) in [4.78, 5) is 6.99. The fraction of sp³-hybridized carbons (Fsp3) is 0.227. The summed E-state index contributed by atoms with van der Waals surface area (Å²) in [6, 6.07) is 21.3. The Balaban J connectivity index is 2.13. The lowest BCUT2D eigenvalue weighted by atomic mass is 9.98. The molecule has 1 heterocycles. The Morgan fingerprint density at radius 2 is 1.46 bits per heavy atom. The normalized spacial score (nSPS) is 12.0. The number of aryl methyl sites for hydroxylation is 3. The molecule has 0 N–H and O–H groups in total. The molecular formula is C22H24N2. The largest absolute Gasteiger partial charge is 0.361 e. The predicted octanol–water partition coefficient (Wildman–Crippen LogP) is 5.23. The van der Waals surface area contributed by atoms with E-state index in [-0.39, 0.29) is 6.04 Å². The van der Waals surface area contributed by atoms with Crippen molar-refractivity contribution in [1.29, 1.82) is 0 Å². The molecule has 2 nitrogen and oxygen atoms in total. The van der Waals surface area contributed by atoms with Crippen LogP contribution >= 0.6 is 0 Å². The molecule has 1 atom stereocenters. The highest BCUT2D eigenvalue weighted by Gasteiger charge is 2.23. The van der Waals surface area contributed by atoms with E-state index in [1.807, 2.05) is 12.3 Å². The Hall–Kier alpha value is -2.61. The quantitative estimate of drug-likeness (QED) is 0.655. The summed E-state index contributed by atoms with van der Waals surface area (Å²) in [5, 5.41) is 0. The van der Waals surface area contributed by atoms with Gasteiger partial charge in [-0.15, -0.1) is 0 Å². The van der Waals surface area contributed by atoms with E-state index in [1.54, 1.807) is 0 Å². The van der Waals surface area contributed by atoms with Crippen molar-refractivity contribution >= 4 is 5.69 Å². The molecule has 0 spiro atoms. The van der Waals surface area contributed by atoms with Gasteiger partial charge in [-0.2, -0.15) is 0 Å². The Labute approximate surface area is 144 Å². The third-order valence-electron chi connectivity index (χ3n) is 4.46. The Morgan fingerprint density at radius 1 is 0.833 bits per heavy atom. The van der Waals surface area contributed by atoms with Gasteiger partial charge in [-0.05, 0) is 49.6 Å². The number of benzene rings is 2. The van der Waals surface area contributed by atoms with E-state index in [0.29, 0.717) is 0 Å². The molecular weight excluding hydrogens is 292 g/mol. The lowest BCUT2D eigenvalue weighted by Crippen LogP contribution is -2.27. The van der Waals surface area contributed by atoms with Gasteiger partial charge in [0.2, 0.25) is 0 Å². The second-order valence-electron chi connectivity index (χ2n) is 6.43. The third-order valence-corrected chi connectivity index (χ3v) is 4.46. The van der Waals surface area contributed by atoms with Gasteiger partial charge in [-0.3, -0.25) is 4.98 Å². The Morgan fingerprint density at radius 3 is 2.04 bits per heavy atom. The molecule has 0 amide bonds. The average molecular weight is 316 g/mol. The molecule has 0 aliphatic rings. The van der Waals surface area contributed by atoms with Gasteiger partial charge in [0.15, 0.2) is 0 Å². The number of anilines is 1. The van der Waals surface area contributed by atoms with Crippen LogP contribution in [0.5, 0.6) is 0 Å². The molecule has 0 saturated heterocycles. The van der Waals surface area contributed by atoms with Gasteiger partial charge in [0.25, 0.3) is 0 Å². The fourth-order valence-electron chi connectivity index (χ4n) is 3.62. The number of hydrogen-bond donors (Lipinski definition) is 0. The van der Waals surface area contributed by atoms with Crippen LogP contribution in [-0.2, 0) is 0 Å². The summed E-state index contributed by atoms with van der Waals surface area (Å²) in [5.41, 5.74) is 7.48. The highest BCUT2D eigenvalue weighted by molar-refractivity contribution is 5.62. The van der Waals surface area contributed by atoms with Crippen LogP contribution in [0.25, 0.3) is 0 Å². The van der Waals surface area contributed by atoms with Crippen molar-refractivity contribution in [1.82, 2.24) is 4.98 Å². The lowest BCUT2D eigenvalue weighted by molar-refractivity contribution is 0.750. The van der Waals surface area contributed by atoms with E-state index in [1.165, 1.54) is 27.9 Å². The monoisotopic (exact) mass is 316 g/mol. The van der Waals surface area contributed by atoms with Crippen molar-refractivity contribution in [2.75, 3.05) is 11.9 Å². The van der Waals surface area contributed by atoms with E-state index < -0.39 is 0 Å². The van der Waals surface area contributed by atoms with Crippen LogP contribution in [0.3, 0.4) is 0 Å². The molecule has 24 heavy (non-hydrogen) atoms. The van der Waals surface area contributed by atoms with Crippen LogP contribution in [0.2, 0.25) is 0 Å². The van der Waals surface area contributed by atoms with Gasteiger partial charge < -0.3 is 4.90 Å².